The lowest BCUT2D eigenvalue weighted by Gasteiger charge is -2.24. The van der Waals surface area contributed by atoms with E-state index >= 15 is 0 Å². The molecule has 0 fully saturated rings. The normalized spacial score (nSPS) is 10.8. The van der Waals surface area contributed by atoms with Gasteiger partial charge < -0.3 is 14.6 Å². The van der Waals surface area contributed by atoms with Gasteiger partial charge in [-0.05, 0) is 33.6 Å². The van der Waals surface area contributed by atoms with E-state index in [0.717, 1.165) is 0 Å². The molecule has 0 aliphatic carbocycles. The maximum Gasteiger partial charge on any atom is 0.333 e. The smallest absolute Gasteiger partial charge is 0.333 e. The first-order valence-corrected chi connectivity index (χ1v) is 6.90. The Hall–Kier alpha value is -1.85. The third-order valence-corrected chi connectivity index (χ3v) is 2.57. The molecule has 6 nitrogen and oxygen atoms in total. The van der Waals surface area contributed by atoms with E-state index in [-0.39, 0.29) is 31.0 Å². The molecule has 0 aliphatic rings. The molecule has 6 heteroatoms. The van der Waals surface area contributed by atoms with Crippen LogP contribution in [0.4, 0.5) is 0 Å². The van der Waals surface area contributed by atoms with E-state index in [1.165, 1.54) is 0 Å². The van der Waals surface area contributed by atoms with Crippen LogP contribution in [-0.4, -0.2) is 35.2 Å². The van der Waals surface area contributed by atoms with E-state index < -0.39 is 17.5 Å². The second-order valence-electron chi connectivity index (χ2n) is 5.54. The minimum Gasteiger partial charge on any atom is -0.481 e. The quantitative estimate of drug-likeness (QED) is 0.378. The summed E-state index contributed by atoms with van der Waals surface area (Å²) in [5.41, 5.74) is -0.623. The fraction of sp³-hybridized carbons (Fsp3) is 0.667. The molecule has 0 saturated carbocycles. The first kappa shape index (κ1) is 19.1. The molecule has 0 aromatic rings. The van der Waals surface area contributed by atoms with E-state index in [4.69, 9.17) is 14.6 Å². The maximum atomic E-state index is 11.5. The van der Waals surface area contributed by atoms with Crippen LogP contribution in [-0.2, 0) is 23.9 Å². The number of carboxylic acids is 1. The van der Waals surface area contributed by atoms with Crippen molar-refractivity contribution < 1.29 is 29.0 Å². The fourth-order valence-electron chi connectivity index (χ4n) is 1.42. The van der Waals surface area contributed by atoms with Gasteiger partial charge in [0.15, 0.2) is 0 Å². The zero-order chi connectivity index (χ0) is 16.5. The summed E-state index contributed by atoms with van der Waals surface area (Å²) in [6, 6.07) is 0. The highest BCUT2D eigenvalue weighted by atomic mass is 16.6. The summed E-state index contributed by atoms with van der Waals surface area (Å²) in [6.07, 6.45) is 2.13. The Balaban J connectivity index is 3.88. The highest BCUT2D eigenvalue weighted by Crippen LogP contribution is 2.13. The summed E-state index contributed by atoms with van der Waals surface area (Å²) in [6.45, 7) is 8.29. The second kappa shape index (κ2) is 9.15. The minimum atomic E-state index is -0.908. The molecule has 0 amide bonds. The number of hydrogen-bond donors (Lipinski definition) is 1. The fourth-order valence-corrected chi connectivity index (χ4v) is 1.42. The summed E-state index contributed by atoms with van der Waals surface area (Å²) in [7, 11) is 0. The van der Waals surface area contributed by atoms with Crippen molar-refractivity contribution in [3.8, 4) is 0 Å². The van der Waals surface area contributed by atoms with Gasteiger partial charge in [0.25, 0.3) is 0 Å². The summed E-state index contributed by atoms with van der Waals surface area (Å²) < 4.78 is 10.2. The molecule has 0 unspecified atom stereocenters. The van der Waals surface area contributed by atoms with Crippen LogP contribution >= 0.6 is 0 Å². The maximum absolute atomic E-state index is 11.5. The average Bonchev–Trinajstić information content (AvgIpc) is 2.35. The largest absolute Gasteiger partial charge is 0.481 e. The molecule has 0 heterocycles. The van der Waals surface area contributed by atoms with Crippen molar-refractivity contribution in [3.63, 3.8) is 0 Å². The van der Waals surface area contributed by atoms with Gasteiger partial charge >= 0.3 is 17.9 Å². The van der Waals surface area contributed by atoms with Gasteiger partial charge in [-0.2, -0.15) is 0 Å². The highest BCUT2D eigenvalue weighted by Gasteiger charge is 2.25. The molecule has 0 aromatic carbocycles. The van der Waals surface area contributed by atoms with Crippen molar-refractivity contribution in [3.05, 3.63) is 12.2 Å². The van der Waals surface area contributed by atoms with Gasteiger partial charge in [0.1, 0.15) is 12.2 Å². The van der Waals surface area contributed by atoms with Crippen LogP contribution in [0, 0.1) is 0 Å². The van der Waals surface area contributed by atoms with E-state index in [0.29, 0.717) is 19.3 Å². The molecule has 0 radical (unpaired) electrons. The van der Waals surface area contributed by atoms with Crippen molar-refractivity contribution >= 4 is 17.9 Å². The molecule has 1 N–H and O–H groups in total. The van der Waals surface area contributed by atoms with Crippen LogP contribution in [0.15, 0.2) is 12.2 Å². The molecule has 0 aliphatic heterocycles. The molecule has 120 valence electrons. The number of aliphatic carboxylic acids is 1. The third-order valence-electron chi connectivity index (χ3n) is 2.57. The van der Waals surface area contributed by atoms with Gasteiger partial charge in [-0.1, -0.05) is 13.0 Å². The van der Waals surface area contributed by atoms with Gasteiger partial charge in [0.2, 0.25) is 0 Å². The number of esters is 2. The Morgan fingerprint density at radius 2 is 1.67 bits per heavy atom. The lowest BCUT2D eigenvalue weighted by Crippen LogP contribution is -2.34. The number of carboxylic acid groups (broad SMARTS) is 1. The summed E-state index contributed by atoms with van der Waals surface area (Å²) in [5, 5.41) is 8.47. The van der Waals surface area contributed by atoms with E-state index in [2.05, 4.69) is 6.58 Å². The topological polar surface area (TPSA) is 89.9 Å². The number of ether oxygens (including phenoxy) is 2. The molecule has 0 bridgehead atoms. The molecular weight excluding hydrogens is 276 g/mol. The number of carbonyl (C=O) groups is 3. The Morgan fingerprint density at radius 1 is 1.10 bits per heavy atom. The van der Waals surface area contributed by atoms with E-state index in [9.17, 15) is 14.4 Å². The number of unbranched alkanes of at least 4 members (excludes halogenated alkanes) is 2. The van der Waals surface area contributed by atoms with Crippen LogP contribution < -0.4 is 0 Å². The first-order chi connectivity index (χ1) is 9.64. The summed E-state index contributed by atoms with van der Waals surface area (Å²) >= 11 is 0. The van der Waals surface area contributed by atoms with Crippen molar-refractivity contribution in [2.24, 2.45) is 0 Å². The number of hydrogen-bond acceptors (Lipinski definition) is 5. The second-order valence-corrected chi connectivity index (χ2v) is 5.54. The summed E-state index contributed by atoms with van der Waals surface area (Å²) in [4.78, 5) is 33.2. The molecule has 0 aromatic heterocycles. The SMILES string of the molecule is C=C(C)C(=O)OC(C)(C)COC(=O)CCCCCC(=O)O. The van der Waals surface area contributed by atoms with Gasteiger partial charge in [-0.3, -0.25) is 9.59 Å². The zero-order valence-corrected chi connectivity index (χ0v) is 12.9. The van der Waals surface area contributed by atoms with Crippen molar-refractivity contribution in [1.82, 2.24) is 0 Å². The molecule has 21 heavy (non-hydrogen) atoms. The van der Waals surface area contributed by atoms with Gasteiger partial charge in [-0.15, -0.1) is 0 Å². The average molecular weight is 300 g/mol. The molecule has 0 rings (SSSR count). The van der Waals surface area contributed by atoms with Crippen LogP contribution in [0.5, 0.6) is 0 Å². The molecular formula is C15H24O6. The number of rotatable bonds is 10. The Labute approximate surface area is 125 Å². The van der Waals surface area contributed by atoms with Crippen LogP contribution in [0.1, 0.15) is 52.9 Å². The lowest BCUT2D eigenvalue weighted by atomic mass is 10.1. The van der Waals surface area contributed by atoms with Crippen LogP contribution in [0.2, 0.25) is 0 Å². The Bertz CT molecular complexity index is 397. The lowest BCUT2D eigenvalue weighted by molar-refractivity contribution is -0.165. The summed E-state index contributed by atoms with van der Waals surface area (Å²) in [5.74, 6) is -1.74. The van der Waals surface area contributed by atoms with E-state index in [1.54, 1.807) is 20.8 Å². The van der Waals surface area contributed by atoms with Crippen molar-refractivity contribution in [2.45, 2.75) is 58.5 Å². The van der Waals surface area contributed by atoms with Gasteiger partial charge in [0.05, 0.1) is 0 Å². The van der Waals surface area contributed by atoms with Crippen LogP contribution in [0.3, 0.4) is 0 Å². The minimum absolute atomic E-state index is 0.0278. The number of carbonyl (C=O) groups excluding carboxylic acids is 2. The Kier molecular flexibility index (Phi) is 8.35. The van der Waals surface area contributed by atoms with Crippen molar-refractivity contribution in [1.29, 1.82) is 0 Å². The third kappa shape index (κ3) is 10.6. The molecule has 0 saturated heterocycles. The molecule has 0 spiro atoms. The standard InChI is InChI=1S/C15H24O6/c1-11(2)14(19)21-15(3,4)10-20-13(18)9-7-5-6-8-12(16)17/h1,5-10H2,2-4H3,(H,16,17). The van der Waals surface area contributed by atoms with Gasteiger partial charge in [-0.25, -0.2) is 4.79 Å². The monoisotopic (exact) mass is 300 g/mol. The van der Waals surface area contributed by atoms with Gasteiger partial charge in [0, 0.05) is 18.4 Å². The Morgan fingerprint density at radius 3 is 2.19 bits per heavy atom. The first-order valence-electron chi connectivity index (χ1n) is 6.90. The zero-order valence-electron chi connectivity index (χ0n) is 12.9. The predicted octanol–water partition coefficient (Wildman–Crippen LogP) is 2.46. The highest BCUT2D eigenvalue weighted by molar-refractivity contribution is 5.87. The van der Waals surface area contributed by atoms with Crippen LogP contribution in [0.25, 0.3) is 0 Å². The van der Waals surface area contributed by atoms with E-state index in [1.807, 2.05) is 0 Å². The van der Waals surface area contributed by atoms with Crippen molar-refractivity contribution in [2.75, 3.05) is 6.61 Å². The predicted molar refractivity (Wildman–Crippen MR) is 76.7 cm³/mol. The molecule has 0 atom stereocenters.